The average Bonchev–Trinajstić information content (AvgIpc) is 2.17. The van der Waals surface area contributed by atoms with Gasteiger partial charge in [-0.25, -0.2) is 5.01 Å². The molecule has 0 spiro atoms. The van der Waals surface area contributed by atoms with Gasteiger partial charge in [-0.2, -0.15) is 0 Å². The zero-order chi connectivity index (χ0) is 11.3. The van der Waals surface area contributed by atoms with Gasteiger partial charge >= 0.3 is 0 Å². The summed E-state index contributed by atoms with van der Waals surface area (Å²) in [7, 11) is 1.83. The van der Waals surface area contributed by atoms with Gasteiger partial charge in [0.2, 0.25) is 0 Å². The monoisotopic (exact) mass is 208 g/mol. The fourth-order valence-electron chi connectivity index (χ4n) is 1.39. The maximum Gasteiger partial charge on any atom is 0.122 e. The fraction of sp³-hybridized carbons (Fsp3) is 0.500. The maximum absolute atomic E-state index is 5.69. The summed E-state index contributed by atoms with van der Waals surface area (Å²) in [4.78, 5) is 0. The molecule has 1 rings (SSSR count). The molecule has 3 nitrogen and oxygen atoms in total. The zero-order valence-corrected chi connectivity index (χ0v) is 9.73. The first-order valence-corrected chi connectivity index (χ1v) is 5.29. The Balaban J connectivity index is 2.59. The van der Waals surface area contributed by atoms with Gasteiger partial charge in [-0.05, 0) is 17.5 Å². The summed E-state index contributed by atoms with van der Waals surface area (Å²) in [6, 6.07) is 8.14. The summed E-state index contributed by atoms with van der Waals surface area (Å²) in [5.74, 6) is 6.96. The molecule has 0 unspecified atom stereocenters. The predicted molar refractivity (Wildman–Crippen MR) is 62.8 cm³/mol. The zero-order valence-electron chi connectivity index (χ0n) is 9.73. The quantitative estimate of drug-likeness (QED) is 0.594. The molecule has 15 heavy (non-hydrogen) atoms. The summed E-state index contributed by atoms with van der Waals surface area (Å²) in [6.45, 7) is 5.68. The van der Waals surface area contributed by atoms with Gasteiger partial charge in [-0.1, -0.05) is 32.0 Å². The second kappa shape index (κ2) is 5.73. The van der Waals surface area contributed by atoms with Crippen LogP contribution in [-0.2, 0) is 0 Å². The molecule has 0 radical (unpaired) electrons. The molecule has 0 saturated heterocycles. The minimum absolute atomic E-state index is 0.483. The fourth-order valence-corrected chi connectivity index (χ4v) is 1.39. The maximum atomic E-state index is 5.69. The number of ether oxygens (including phenoxy) is 1. The van der Waals surface area contributed by atoms with Crippen LogP contribution in [0.3, 0.4) is 0 Å². The molecular weight excluding hydrogens is 188 g/mol. The minimum Gasteiger partial charge on any atom is -0.492 e. The van der Waals surface area contributed by atoms with Crippen molar-refractivity contribution in [3.63, 3.8) is 0 Å². The van der Waals surface area contributed by atoms with Crippen molar-refractivity contribution < 1.29 is 4.74 Å². The number of likely N-dealkylation sites (N-methyl/N-ethyl adjacent to an activating group) is 1. The van der Waals surface area contributed by atoms with E-state index >= 15 is 0 Å². The summed E-state index contributed by atoms with van der Waals surface area (Å²) >= 11 is 0. The number of nitrogens with zero attached hydrogens (tertiary/aromatic N) is 1. The Labute approximate surface area is 91.8 Å². The molecule has 3 heteroatoms. The first kappa shape index (κ1) is 12.0. The van der Waals surface area contributed by atoms with Gasteiger partial charge in [0.1, 0.15) is 12.4 Å². The smallest absolute Gasteiger partial charge is 0.122 e. The average molecular weight is 208 g/mol. The van der Waals surface area contributed by atoms with Crippen LogP contribution in [0.15, 0.2) is 24.3 Å². The molecule has 0 fully saturated rings. The molecule has 0 aliphatic heterocycles. The number of hydrazine groups is 1. The van der Waals surface area contributed by atoms with Gasteiger partial charge in [0.05, 0.1) is 0 Å². The molecule has 0 aliphatic carbocycles. The van der Waals surface area contributed by atoms with E-state index in [1.807, 2.05) is 25.2 Å². The first-order valence-electron chi connectivity index (χ1n) is 5.29. The van der Waals surface area contributed by atoms with Gasteiger partial charge in [0.15, 0.2) is 0 Å². The standard InChI is InChI=1S/C12H20N2O/c1-10(2)11-6-4-5-7-12(11)15-9-8-14(3)13/h4-7,10H,8-9,13H2,1-3H3. The molecule has 0 aliphatic rings. The lowest BCUT2D eigenvalue weighted by Crippen LogP contribution is -2.30. The summed E-state index contributed by atoms with van der Waals surface area (Å²) in [5, 5.41) is 1.62. The number of benzene rings is 1. The van der Waals surface area contributed by atoms with E-state index in [9.17, 15) is 0 Å². The highest BCUT2D eigenvalue weighted by Gasteiger charge is 2.06. The Bertz CT molecular complexity index is 297. The van der Waals surface area contributed by atoms with Crippen molar-refractivity contribution in [2.45, 2.75) is 19.8 Å². The van der Waals surface area contributed by atoms with E-state index in [1.54, 1.807) is 5.01 Å². The van der Waals surface area contributed by atoms with Crippen LogP contribution in [0.1, 0.15) is 25.3 Å². The van der Waals surface area contributed by atoms with Crippen LogP contribution in [0.2, 0.25) is 0 Å². The Morgan fingerprint density at radius 2 is 2.00 bits per heavy atom. The second-order valence-corrected chi connectivity index (χ2v) is 4.02. The molecule has 1 aromatic carbocycles. The SMILES string of the molecule is CC(C)c1ccccc1OCCN(C)N. The molecule has 1 aromatic rings. The molecule has 2 N–H and O–H groups in total. The molecule has 0 atom stereocenters. The third kappa shape index (κ3) is 3.90. The van der Waals surface area contributed by atoms with Crippen molar-refractivity contribution >= 4 is 0 Å². The van der Waals surface area contributed by atoms with Crippen molar-refractivity contribution in [1.29, 1.82) is 0 Å². The molecule has 84 valence electrons. The van der Waals surface area contributed by atoms with Crippen LogP contribution in [0, 0.1) is 0 Å². The summed E-state index contributed by atoms with van der Waals surface area (Å²) in [5.41, 5.74) is 1.25. The highest BCUT2D eigenvalue weighted by molar-refractivity contribution is 5.35. The van der Waals surface area contributed by atoms with E-state index in [0.29, 0.717) is 12.5 Å². The van der Waals surface area contributed by atoms with E-state index in [-0.39, 0.29) is 0 Å². The predicted octanol–water partition coefficient (Wildman–Crippen LogP) is 1.99. The van der Waals surface area contributed by atoms with Crippen LogP contribution in [0.25, 0.3) is 0 Å². The van der Waals surface area contributed by atoms with Crippen molar-refractivity contribution in [3.8, 4) is 5.75 Å². The molecule has 0 heterocycles. The summed E-state index contributed by atoms with van der Waals surface area (Å²) in [6.07, 6.45) is 0. The highest BCUT2D eigenvalue weighted by atomic mass is 16.5. The molecule has 0 bridgehead atoms. The van der Waals surface area contributed by atoms with Crippen molar-refractivity contribution in [1.82, 2.24) is 5.01 Å². The number of hydrogen-bond acceptors (Lipinski definition) is 3. The lowest BCUT2D eigenvalue weighted by molar-refractivity contribution is 0.239. The van der Waals surface area contributed by atoms with Gasteiger partial charge in [0, 0.05) is 13.6 Å². The van der Waals surface area contributed by atoms with Crippen LogP contribution >= 0.6 is 0 Å². The molecule has 0 saturated carbocycles. The number of nitrogens with two attached hydrogens (primary N) is 1. The minimum atomic E-state index is 0.483. The number of para-hydroxylation sites is 1. The lowest BCUT2D eigenvalue weighted by Gasteiger charge is -2.15. The van der Waals surface area contributed by atoms with Crippen molar-refractivity contribution in [2.75, 3.05) is 20.2 Å². The lowest BCUT2D eigenvalue weighted by atomic mass is 10.0. The molecular formula is C12H20N2O. The van der Waals surface area contributed by atoms with Gasteiger partial charge in [0.25, 0.3) is 0 Å². The Morgan fingerprint density at radius 1 is 1.33 bits per heavy atom. The van der Waals surface area contributed by atoms with E-state index in [1.165, 1.54) is 5.56 Å². The Kier molecular flexibility index (Phi) is 4.59. The van der Waals surface area contributed by atoms with E-state index < -0.39 is 0 Å². The Morgan fingerprint density at radius 3 is 2.60 bits per heavy atom. The third-order valence-corrected chi connectivity index (χ3v) is 2.24. The first-order chi connectivity index (χ1) is 7.11. The van der Waals surface area contributed by atoms with E-state index in [4.69, 9.17) is 10.6 Å². The second-order valence-electron chi connectivity index (χ2n) is 4.02. The van der Waals surface area contributed by atoms with Crippen LogP contribution < -0.4 is 10.6 Å². The number of rotatable bonds is 5. The van der Waals surface area contributed by atoms with E-state index in [0.717, 1.165) is 12.3 Å². The topological polar surface area (TPSA) is 38.5 Å². The molecule has 0 aromatic heterocycles. The largest absolute Gasteiger partial charge is 0.492 e. The van der Waals surface area contributed by atoms with Crippen LogP contribution in [0.5, 0.6) is 5.75 Å². The third-order valence-electron chi connectivity index (χ3n) is 2.24. The van der Waals surface area contributed by atoms with Crippen LogP contribution in [0.4, 0.5) is 0 Å². The van der Waals surface area contributed by atoms with Crippen molar-refractivity contribution in [3.05, 3.63) is 29.8 Å². The van der Waals surface area contributed by atoms with Crippen molar-refractivity contribution in [2.24, 2.45) is 5.84 Å². The molecule has 0 amide bonds. The normalized spacial score (nSPS) is 11.1. The van der Waals surface area contributed by atoms with Gasteiger partial charge in [-0.15, -0.1) is 0 Å². The van der Waals surface area contributed by atoms with Crippen LogP contribution in [-0.4, -0.2) is 25.2 Å². The van der Waals surface area contributed by atoms with E-state index in [2.05, 4.69) is 19.9 Å². The highest BCUT2D eigenvalue weighted by Crippen LogP contribution is 2.25. The van der Waals surface area contributed by atoms with Gasteiger partial charge < -0.3 is 4.74 Å². The summed E-state index contributed by atoms with van der Waals surface area (Å²) < 4.78 is 5.69. The number of hydrogen-bond donors (Lipinski definition) is 1. The Hall–Kier alpha value is -1.06. The van der Waals surface area contributed by atoms with Gasteiger partial charge in [-0.3, -0.25) is 5.84 Å².